The molecule has 6 nitrogen and oxygen atoms in total. The van der Waals surface area contributed by atoms with E-state index in [2.05, 4.69) is 10.3 Å². The van der Waals surface area contributed by atoms with Gasteiger partial charge < -0.3 is 16.0 Å². The number of carbonyl (C=O) groups is 2. The fourth-order valence-corrected chi connectivity index (χ4v) is 4.34. The van der Waals surface area contributed by atoms with Crippen LogP contribution in [0.4, 0.5) is 17.6 Å². The van der Waals surface area contributed by atoms with E-state index < -0.39 is 35.1 Å². The summed E-state index contributed by atoms with van der Waals surface area (Å²) in [5.41, 5.74) is 3.69. The van der Waals surface area contributed by atoms with E-state index in [9.17, 15) is 27.2 Å². The molecule has 0 radical (unpaired) electrons. The lowest BCUT2D eigenvalue weighted by molar-refractivity contribution is -0.195. The summed E-state index contributed by atoms with van der Waals surface area (Å²) in [6.45, 7) is 0.130. The maximum atomic E-state index is 14.1. The zero-order valence-corrected chi connectivity index (χ0v) is 20.1. The van der Waals surface area contributed by atoms with Crippen molar-refractivity contribution in [1.29, 1.82) is 0 Å². The first-order valence-corrected chi connectivity index (χ1v) is 11.4. The van der Waals surface area contributed by atoms with Crippen molar-refractivity contribution < 1.29 is 27.2 Å². The van der Waals surface area contributed by atoms with Crippen LogP contribution in [0.25, 0.3) is 0 Å². The minimum atomic E-state index is -4.47. The normalized spacial score (nSPS) is 16.6. The van der Waals surface area contributed by atoms with Gasteiger partial charge in [0.15, 0.2) is 0 Å². The molecule has 2 unspecified atom stereocenters. The van der Waals surface area contributed by atoms with E-state index in [1.54, 1.807) is 20.2 Å². The van der Waals surface area contributed by atoms with Crippen LogP contribution in [0.5, 0.6) is 0 Å². The monoisotopic (exact) mass is 514 g/mol. The molecule has 11 heteroatoms. The minimum absolute atomic E-state index is 0.0636. The van der Waals surface area contributed by atoms with Crippen LogP contribution in [-0.4, -0.2) is 54.6 Å². The largest absolute Gasteiger partial charge is 0.395 e. The average Bonchev–Trinajstić information content (AvgIpc) is 3.57. The van der Waals surface area contributed by atoms with Crippen LogP contribution in [0.15, 0.2) is 36.5 Å². The van der Waals surface area contributed by atoms with Gasteiger partial charge in [-0.3, -0.25) is 14.6 Å². The van der Waals surface area contributed by atoms with Crippen molar-refractivity contribution in [3.8, 4) is 0 Å². The highest BCUT2D eigenvalue weighted by atomic mass is 35.5. The molecule has 1 aliphatic carbocycles. The van der Waals surface area contributed by atoms with Crippen LogP contribution in [0.3, 0.4) is 0 Å². The van der Waals surface area contributed by atoms with E-state index in [4.69, 9.17) is 17.3 Å². The number of nitrogens with zero attached hydrogens (tertiary/aromatic N) is 2. The Morgan fingerprint density at radius 3 is 2.40 bits per heavy atom. The lowest BCUT2D eigenvalue weighted by Gasteiger charge is -2.29. The molecule has 1 aromatic carbocycles. The number of pyridine rings is 1. The van der Waals surface area contributed by atoms with Gasteiger partial charge in [0.1, 0.15) is 5.82 Å². The minimum Gasteiger partial charge on any atom is -0.366 e. The number of likely N-dealkylation sites (N-methyl/N-ethyl adjacent to an activating group) is 1. The van der Waals surface area contributed by atoms with Gasteiger partial charge in [0, 0.05) is 36.8 Å². The van der Waals surface area contributed by atoms with Crippen molar-refractivity contribution in [2.45, 2.75) is 43.8 Å². The fraction of sp³-hybridized carbons (Fsp3) is 0.458. The van der Waals surface area contributed by atoms with E-state index in [-0.39, 0.29) is 43.1 Å². The average molecular weight is 515 g/mol. The molecular weight excluding hydrogens is 488 g/mol. The number of amides is 2. The molecular formula is C24H27ClF4N4O2. The number of carbonyl (C=O) groups excluding carboxylic acids is 2. The van der Waals surface area contributed by atoms with Gasteiger partial charge in [-0.05, 0) is 63.2 Å². The number of nitrogens with two attached hydrogens (primary N) is 1. The van der Waals surface area contributed by atoms with Gasteiger partial charge in [0.25, 0.3) is 5.91 Å². The lowest BCUT2D eigenvalue weighted by Crippen LogP contribution is -2.43. The topological polar surface area (TPSA) is 88.3 Å². The van der Waals surface area contributed by atoms with Gasteiger partial charge >= 0.3 is 6.18 Å². The fourth-order valence-electron chi connectivity index (χ4n) is 4.22. The van der Waals surface area contributed by atoms with Gasteiger partial charge in [-0.15, -0.1) is 0 Å². The summed E-state index contributed by atoms with van der Waals surface area (Å²) in [6.07, 6.45) is -3.36. The van der Waals surface area contributed by atoms with Crippen LogP contribution < -0.4 is 11.1 Å². The molecule has 190 valence electrons. The number of nitrogens with one attached hydrogen (secondary N) is 1. The first-order chi connectivity index (χ1) is 16.3. The van der Waals surface area contributed by atoms with E-state index in [0.717, 1.165) is 0 Å². The van der Waals surface area contributed by atoms with Crippen molar-refractivity contribution >= 4 is 23.4 Å². The Morgan fingerprint density at radius 1 is 1.23 bits per heavy atom. The molecule has 3 N–H and O–H groups in total. The van der Waals surface area contributed by atoms with Crippen LogP contribution in [-0.2, 0) is 11.2 Å². The Hall–Kier alpha value is -2.72. The maximum absolute atomic E-state index is 14.1. The molecule has 2 atom stereocenters. The summed E-state index contributed by atoms with van der Waals surface area (Å²) in [5.74, 6) is -3.28. The van der Waals surface area contributed by atoms with Crippen LogP contribution >= 0.6 is 11.6 Å². The van der Waals surface area contributed by atoms with Crippen molar-refractivity contribution in [3.63, 3.8) is 0 Å². The predicted octanol–water partition coefficient (Wildman–Crippen LogP) is 4.08. The Balaban J connectivity index is 1.70. The number of rotatable bonds is 10. The molecule has 2 amide bonds. The highest BCUT2D eigenvalue weighted by molar-refractivity contribution is 6.30. The lowest BCUT2D eigenvalue weighted by atomic mass is 9.82. The number of primary amides is 1. The maximum Gasteiger partial charge on any atom is 0.395 e. The van der Waals surface area contributed by atoms with Gasteiger partial charge in [-0.25, -0.2) is 4.39 Å². The van der Waals surface area contributed by atoms with Gasteiger partial charge in [-0.2, -0.15) is 13.2 Å². The molecule has 1 aromatic heterocycles. The molecule has 0 bridgehead atoms. The summed E-state index contributed by atoms with van der Waals surface area (Å²) < 4.78 is 55.8. The molecule has 2 aromatic rings. The first kappa shape index (κ1) is 26.9. The Kier molecular flexibility index (Phi) is 8.06. The molecule has 3 rings (SSSR count). The van der Waals surface area contributed by atoms with E-state index >= 15 is 0 Å². The number of halogens is 5. The zero-order valence-electron chi connectivity index (χ0n) is 19.3. The molecule has 1 heterocycles. The number of aromatic nitrogens is 1. The molecule has 35 heavy (non-hydrogen) atoms. The smallest absolute Gasteiger partial charge is 0.366 e. The highest BCUT2D eigenvalue weighted by Gasteiger charge is 2.67. The van der Waals surface area contributed by atoms with E-state index in [1.165, 1.54) is 30.5 Å². The molecule has 0 spiro atoms. The van der Waals surface area contributed by atoms with Gasteiger partial charge in [-0.1, -0.05) is 17.7 Å². The number of hydrogen-bond donors (Lipinski definition) is 2. The van der Waals surface area contributed by atoms with Gasteiger partial charge in [0.05, 0.1) is 16.0 Å². The third kappa shape index (κ3) is 6.29. The van der Waals surface area contributed by atoms with Crippen molar-refractivity contribution in [2.24, 2.45) is 11.1 Å². The highest BCUT2D eigenvalue weighted by Crippen LogP contribution is 2.65. The molecule has 1 saturated carbocycles. The van der Waals surface area contributed by atoms with Crippen molar-refractivity contribution in [1.82, 2.24) is 15.2 Å². The van der Waals surface area contributed by atoms with Crippen LogP contribution in [0, 0.1) is 11.2 Å². The summed E-state index contributed by atoms with van der Waals surface area (Å²) in [4.78, 5) is 29.9. The molecule has 0 aliphatic heterocycles. The van der Waals surface area contributed by atoms with E-state index in [1.807, 2.05) is 4.90 Å². The van der Waals surface area contributed by atoms with Crippen LogP contribution in [0.1, 0.15) is 46.8 Å². The van der Waals surface area contributed by atoms with Crippen molar-refractivity contribution in [3.05, 3.63) is 64.2 Å². The number of benzene rings is 1. The van der Waals surface area contributed by atoms with Crippen molar-refractivity contribution in [2.75, 3.05) is 20.6 Å². The second kappa shape index (κ2) is 10.5. The second-order valence-corrected chi connectivity index (χ2v) is 9.55. The standard InChI is InChI=1S/C24H27ClF4N4O2/c1-33(2)16(9-14-3-5-17(22(30)35)19(26)10-14)13-32-21(34)11-18(20-6-4-15(25)12-31-20)23(7-8-23)24(27,28)29/h3-6,10,12,16,18H,7-9,11,13H2,1-2H3,(H2,30,35)(H,32,34). The molecule has 0 saturated heterocycles. The Morgan fingerprint density at radius 2 is 1.91 bits per heavy atom. The molecule has 1 aliphatic rings. The SMILES string of the molecule is CN(C)C(CNC(=O)CC(c1ccc(Cl)cn1)C1(C(F)(F)F)CC1)Cc1ccc(C(N)=O)c(F)c1. The number of alkyl halides is 3. The summed E-state index contributed by atoms with van der Waals surface area (Å²) in [7, 11) is 3.54. The number of hydrogen-bond acceptors (Lipinski definition) is 4. The van der Waals surface area contributed by atoms with Gasteiger partial charge in [0.2, 0.25) is 5.91 Å². The quantitative estimate of drug-likeness (QED) is 0.468. The van der Waals surface area contributed by atoms with Crippen LogP contribution in [0.2, 0.25) is 5.02 Å². The zero-order chi connectivity index (χ0) is 26.0. The Labute approximate surface area is 205 Å². The Bertz CT molecular complexity index is 1070. The summed E-state index contributed by atoms with van der Waals surface area (Å²) in [5, 5.41) is 3.02. The predicted molar refractivity (Wildman–Crippen MR) is 123 cm³/mol. The molecule has 1 fully saturated rings. The summed E-state index contributed by atoms with van der Waals surface area (Å²) in [6, 6.07) is 6.70. The van der Waals surface area contributed by atoms with E-state index in [0.29, 0.717) is 17.0 Å². The summed E-state index contributed by atoms with van der Waals surface area (Å²) >= 11 is 5.84. The second-order valence-electron chi connectivity index (χ2n) is 9.12. The first-order valence-electron chi connectivity index (χ1n) is 11.0. The third-order valence-corrected chi connectivity index (χ3v) is 6.78. The third-order valence-electron chi connectivity index (χ3n) is 6.55.